The molecule has 0 spiro atoms. The number of nitrogens with two attached hydrogens (primary N) is 1. The van der Waals surface area contributed by atoms with Gasteiger partial charge in [0.1, 0.15) is 5.76 Å². The van der Waals surface area contributed by atoms with Gasteiger partial charge >= 0.3 is 0 Å². The molecule has 0 saturated carbocycles. The molecule has 2 heterocycles. The molecule has 38 heavy (non-hydrogen) atoms. The van der Waals surface area contributed by atoms with Crippen LogP contribution in [0.5, 0.6) is 0 Å². The Balaban J connectivity index is 1.60. The van der Waals surface area contributed by atoms with Crippen molar-refractivity contribution in [3.05, 3.63) is 82.8 Å². The molecule has 4 rings (SSSR count). The van der Waals surface area contributed by atoms with E-state index in [1.807, 2.05) is 32.0 Å². The van der Waals surface area contributed by atoms with E-state index in [1.165, 1.54) is 11.3 Å². The second-order valence-corrected chi connectivity index (χ2v) is 11.0. The lowest BCUT2D eigenvalue weighted by molar-refractivity contribution is 0.0921. The summed E-state index contributed by atoms with van der Waals surface area (Å²) in [6.07, 6.45) is 4.52. The minimum Gasteiger partial charge on any atom is -0.456 e. The maximum absolute atomic E-state index is 13.3. The third kappa shape index (κ3) is 6.18. The molecule has 1 saturated heterocycles. The van der Waals surface area contributed by atoms with E-state index >= 15 is 0 Å². The van der Waals surface area contributed by atoms with Crippen LogP contribution in [0.3, 0.4) is 0 Å². The summed E-state index contributed by atoms with van der Waals surface area (Å²) in [6.45, 7) is 10.7. The van der Waals surface area contributed by atoms with E-state index in [-0.39, 0.29) is 28.8 Å². The van der Waals surface area contributed by atoms with Gasteiger partial charge in [0.05, 0.1) is 0 Å². The van der Waals surface area contributed by atoms with Gasteiger partial charge in [-0.05, 0) is 86.9 Å². The fourth-order valence-corrected chi connectivity index (χ4v) is 5.51. The van der Waals surface area contributed by atoms with Crippen LogP contribution in [0.1, 0.15) is 83.8 Å². The van der Waals surface area contributed by atoms with E-state index in [0.29, 0.717) is 23.6 Å². The second-order valence-electron chi connectivity index (χ2n) is 11.0. The van der Waals surface area contributed by atoms with Crippen LogP contribution in [0.2, 0.25) is 0 Å². The normalized spacial score (nSPS) is 15.8. The lowest BCUT2D eigenvalue weighted by Crippen LogP contribution is -2.41. The number of rotatable bonds is 10. The zero-order valence-corrected chi connectivity index (χ0v) is 23.2. The molecular formula is C32H41N3O3. The summed E-state index contributed by atoms with van der Waals surface area (Å²) in [5.74, 6) is 0.635. The van der Waals surface area contributed by atoms with Crippen LogP contribution >= 0.6 is 0 Å². The zero-order chi connectivity index (χ0) is 27.3. The lowest BCUT2D eigenvalue weighted by Gasteiger charge is -2.42. The highest BCUT2D eigenvalue weighted by molar-refractivity contribution is 6.04. The molecule has 1 amide bonds. The molecule has 3 N–H and O–H groups in total. The monoisotopic (exact) mass is 515 g/mol. The molecule has 1 aromatic heterocycles. The number of amides is 1. The molecule has 6 nitrogen and oxygen atoms in total. The molecule has 1 aliphatic heterocycles. The van der Waals surface area contributed by atoms with Crippen molar-refractivity contribution in [1.29, 1.82) is 0 Å². The third-order valence-corrected chi connectivity index (χ3v) is 8.03. The van der Waals surface area contributed by atoms with Crippen molar-refractivity contribution in [3.63, 3.8) is 0 Å². The number of nitrogens with zero attached hydrogens (tertiary/aromatic N) is 1. The molecule has 202 valence electrons. The number of piperidine rings is 1. The van der Waals surface area contributed by atoms with Crippen LogP contribution in [0.15, 0.2) is 59.0 Å². The van der Waals surface area contributed by atoms with Crippen molar-refractivity contribution in [2.45, 2.75) is 65.2 Å². The van der Waals surface area contributed by atoms with Gasteiger partial charge in [-0.15, -0.1) is 0 Å². The highest BCUT2D eigenvalue weighted by Crippen LogP contribution is 2.41. The SMILES string of the molecule is Cc1ccc(C(=O)Nc2cc(C(=O)[C@H](C)CCCCN)ccc2C2(C)CCN(c3ccccc3C)CC2)o1. The Morgan fingerprint density at radius 1 is 1.05 bits per heavy atom. The minimum absolute atomic E-state index is 0.0949. The van der Waals surface area contributed by atoms with E-state index in [0.717, 1.165) is 50.8 Å². The van der Waals surface area contributed by atoms with Crippen LogP contribution < -0.4 is 16.0 Å². The number of hydrogen-bond donors (Lipinski definition) is 2. The van der Waals surface area contributed by atoms with Crippen molar-refractivity contribution >= 4 is 23.1 Å². The largest absolute Gasteiger partial charge is 0.456 e. The van der Waals surface area contributed by atoms with Crippen LogP contribution in [-0.4, -0.2) is 31.3 Å². The first-order valence-electron chi connectivity index (χ1n) is 13.8. The molecule has 0 bridgehead atoms. The summed E-state index contributed by atoms with van der Waals surface area (Å²) in [6, 6.07) is 17.8. The van der Waals surface area contributed by atoms with Crippen LogP contribution in [0.4, 0.5) is 11.4 Å². The number of aryl methyl sites for hydroxylation is 2. The standard InChI is InChI=1S/C32H41N3O3/c1-22-9-5-6-11-28(22)35-19-16-32(4,17-20-35)26-14-13-25(30(36)23(2)10-7-8-18-33)21-27(26)34-31(37)29-15-12-24(3)38-29/h5-6,9,11-15,21,23H,7-8,10,16-20,33H2,1-4H3,(H,34,37)/t23-/m1/s1. The zero-order valence-electron chi connectivity index (χ0n) is 23.2. The molecule has 6 heteroatoms. The van der Waals surface area contributed by atoms with E-state index in [4.69, 9.17) is 10.2 Å². The molecule has 1 fully saturated rings. The number of furan rings is 1. The number of carbonyl (C=O) groups is 2. The summed E-state index contributed by atoms with van der Waals surface area (Å²) < 4.78 is 5.58. The fraction of sp³-hybridized carbons (Fsp3) is 0.438. The van der Waals surface area contributed by atoms with Gasteiger partial charge in [0.25, 0.3) is 5.91 Å². The second kappa shape index (κ2) is 12.0. The Bertz CT molecular complexity index is 1270. The number of unbranched alkanes of at least 4 members (excludes halogenated alkanes) is 1. The van der Waals surface area contributed by atoms with Crippen molar-refractivity contribution in [3.8, 4) is 0 Å². The fourth-order valence-electron chi connectivity index (χ4n) is 5.51. The van der Waals surface area contributed by atoms with Crippen LogP contribution in [0.25, 0.3) is 0 Å². The minimum atomic E-state index is -0.305. The Labute approximate surface area is 226 Å². The molecule has 3 aromatic rings. The molecule has 0 aliphatic carbocycles. The van der Waals surface area contributed by atoms with Crippen LogP contribution in [-0.2, 0) is 5.41 Å². The van der Waals surface area contributed by atoms with Crippen molar-refractivity contribution in [2.75, 3.05) is 29.9 Å². The first-order valence-corrected chi connectivity index (χ1v) is 13.8. The highest BCUT2D eigenvalue weighted by atomic mass is 16.3. The summed E-state index contributed by atoms with van der Waals surface area (Å²) >= 11 is 0. The average molecular weight is 516 g/mol. The Kier molecular flexibility index (Phi) is 8.72. The van der Waals surface area contributed by atoms with Crippen molar-refractivity contribution < 1.29 is 14.0 Å². The number of anilines is 2. The molecule has 1 atom stereocenters. The van der Waals surface area contributed by atoms with Crippen LogP contribution in [0, 0.1) is 19.8 Å². The summed E-state index contributed by atoms with van der Waals surface area (Å²) in [7, 11) is 0. The summed E-state index contributed by atoms with van der Waals surface area (Å²) in [5, 5.41) is 3.09. The lowest BCUT2D eigenvalue weighted by atomic mass is 9.73. The Morgan fingerprint density at radius 2 is 1.79 bits per heavy atom. The first-order chi connectivity index (χ1) is 18.2. The van der Waals surface area contributed by atoms with E-state index in [9.17, 15) is 9.59 Å². The predicted molar refractivity (Wildman–Crippen MR) is 154 cm³/mol. The van der Waals surface area contributed by atoms with Gasteiger partial charge in [-0.25, -0.2) is 0 Å². The van der Waals surface area contributed by atoms with Gasteiger partial charge in [0, 0.05) is 35.9 Å². The van der Waals surface area contributed by atoms with Gasteiger partial charge in [-0.1, -0.05) is 50.6 Å². The molecule has 0 radical (unpaired) electrons. The number of hydrogen-bond acceptors (Lipinski definition) is 5. The number of carbonyl (C=O) groups excluding carboxylic acids is 2. The van der Waals surface area contributed by atoms with E-state index in [2.05, 4.69) is 48.3 Å². The molecule has 1 aliphatic rings. The smallest absolute Gasteiger partial charge is 0.291 e. The maximum atomic E-state index is 13.3. The number of ketones is 1. The van der Waals surface area contributed by atoms with E-state index < -0.39 is 0 Å². The number of para-hydroxylation sites is 1. The quantitative estimate of drug-likeness (QED) is 0.233. The Hall–Kier alpha value is -3.38. The molecule has 2 aromatic carbocycles. The summed E-state index contributed by atoms with van der Waals surface area (Å²) in [4.78, 5) is 28.8. The van der Waals surface area contributed by atoms with Crippen molar-refractivity contribution in [1.82, 2.24) is 0 Å². The molecular weight excluding hydrogens is 474 g/mol. The number of Topliss-reactive ketones (excluding diaryl/α,β-unsaturated/α-hetero) is 1. The third-order valence-electron chi connectivity index (χ3n) is 8.03. The van der Waals surface area contributed by atoms with Gasteiger partial charge in [0.2, 0.25) is 0 Å². The van der Waals surface area contributed by atoms with Gasteiger partial charge in [-0.2, -0.15) is 0 Å². The maximum Gasteiger partial charge on any atom is 0.291 e. The predicted octanol–water partition coefficient (Wildman–Crippen LogP) is 6.65. The Morgan fingerprint density at radius 3 is 2.45 bits per heavy atom. The summed E-state index contributed by atoms with van der Waals surface area (Å²) in [5.41, 5.74) is 10.4. The number of nitrogens with one attached hydrogen (secondary N) is 1. The van der Waals surface area contributed by atoms with E-state index in [1.54, 1.807) is 12.1 Å². The first kappa shape index (κ1) is 27.6. The van der Waals surface area contributed by atoms with Gasteiger partial charge in [0.15, 0.2) is 11.5 Å². The van der Waals surface area contributed by atoms with Gasteiger partial charge in [-0.3, -0.25) is 9.59 Å². The average Bonchev–Trinajstić information content (AvgIpc) is 3.35. The molecule has 0 unspecified atom stereocenters. The topological polar surface area (TPSA) is 88.6 Å². The highest BCUT2D eigenvalue weighted by Gasteiger charge is 2.35. The number of benzene rings is 2. The van der Waals surface area contributed by atoms with Crippen molar-refractivity contribution in [2.24, 2.45) is 11.7 Å². The van der Waals surface area contributed by atoms with Gasteiger partial charge < -0.3 is 20.4 Å².